The number of hydrogen-bond donors (Lipinski definition) is 3. The van der Waals surface area contributed by atoms with Gasteiger partial charge in [0.05, 0.1) is 10.9 Å². The molecule has 0 bridgehead atoms. The zero-order valence-electron chi connectivity index (χ0n) is 14.0. The summed E-state index contributed by atoms with van der Waals surface area (Å²) >= 11 is 0. The van der Waals surface area contributed by atoms with Gasteiger partial charge in [-0.3, -0.25) is 0 Å². The molecule has 4 rings (SSSR count). The van der Waals surface area contributed by atoms with E-state index in [1.165, 1.54) is 0 Å². The molecule has 1 aliphatic carbocycles. The number of aromatic carboxylic acids is 1. The van der Waals surface area contributed by atoms with Gasteiger partial charge in [0, 0.05) is 41.4 Å². The Bertz CT molecular complexity index is 1180. The molecule has 128 valence electrons. The third-order valence-corrected chi connectivity index (χ3v) is 4.44. The molecule has 0 unspecified atom stereocenters. The molecule has 0 aromatic heterocycles. The monoisotopic (exact) mass is 344 g/mol. The summed E-state index contributed by atoms with van der Waals surface area (Å²) in [6, 6.07) is 17.8. The zero-order chi connectivity index (χ0) is 18.3. The van der Waals surface area contributed by atoms with Crippen LogP contribution in [0, 0.1) is 5.41 Å². The lowest BCUT2D eigenvalue weighted by molar-refractivity contribution is 0.0697. The third kappa shape index (κ3) is 2.50. The van der Waals surface area contributed by atoms with Gasteiger partial charge in [-0.25, -0.2) is 4.79 Å². The lowest BCUT2D eigenvalue weighted by atomic mass is 9.91. The van der Waals surface area contributed by atoms with Crippen LogP contribution in [0.15, 0.2) is 65.1 Å². The second-order valence-corrected chi connectivity index (χ2v) is 6.00. The number of benzene rings is 3. The Kier molecular flexibility index (Phi) is 3.69. The molecule has 2 aromatic carbocycles. The number of rotatable bonds is 3. The van der Waals surface area contributed by atoms with Gasteiger partial charge in [0.15, 0.2) is 0 Å². The highest BCUT2D eigenvalue weighted by Crippen LogP contribution is 2.41. The van der Waals surface area contributed by atoms with Crippen LogP contribution in [0.5, 0.6) is 0 Å². The Labute approximate surface area is 149 Å². The van der Waals surface area contributed by atoms with Crippen molar-refractivity contribution in [3.05, 3.63) is 71.6 Å². The number of nitrogens with one attached hydrogen (secondary N) is 2. The summed E-state index contributed by atoms with van der Waals surface area (Å²) in [5, 5.41) is 21.8. The summed E-state index contributed by atoms with van der Waals surface area (Å²) in [5.41, 5.74) is 3.95. The van der Waals surface area contributed by atoms with Gasteiger partial charge in [0.25, 0.3) is 0 Å². The van der Waals surface area contributed by atoms with Gasteiger partial charge in [-0.2, -0.15) is 0 Å². The van der Waals surface area contributed by atoms with Crippen molar-refractivity contribution in [1.29, 1.82) is 5.41 Å². The van der Waals surface area contributed by atoms with Crippen LogP contribution in [0.4, 0.5) is 5.69 Å². The molecule has 3 N–H and O–H groups in total. The van der Waals surface area contributed by atoms with Crippen LogP contribution in [-0.4, -0.2) is 18.1 Å². The van der Waals surface area contributed by atoms with Gasteiger partial charge in [0.2, 0.25) is 0 Å². The maximum atomic E-state index is 11.8. The predicted octanol–water partition coefficient (Wildman–Crippen LogP) is 4.42. The van der Waals surface area contributed by atoms with Crippen molar-refractivity contribution in [2.24, 2.45) is 0 Å². The summed E-state index contributed by atoms with van der Waals surface area (Å²) in [5.74, 6) is -0.430. The minimum atomic E-state index is -0.980. The standard InChI is InChI=1S/C21H16N2O3/c1-23-13-7-9-17-19(11-13)26-18-10-12(22)6-8-16(18)20(17)14-4-2-3-5-15(14)21(24)25/h2-11,22-23H,1H3,(H,24,25). The average molecular weight is 344 g/mol. The van der Waals surface area contributed by atoms with E-state index in [1.807, 2.05) is 31.3 Å². The fraction of sp³-hybridized carbons (Fsp3) is 0.0476. The summed E-state index contributed by atoms with van der Waals surface area (Å²) in [6.07, 6.45) is 0. The van der Waals surface area contributed by atoms with Crippen molar-refractivity contribution in [3.63, 3.8) is 0 Å². The molecule has 2 aliphatic rings. The SMILES string of the molecule is CNc1ccc2c(-c3ccccc3C(=O)O)c3ccc(=N)cc-3oc2c1. The van der Waals surface area contributed by atoms with E-state index in [4.69, 9.17) is 9.83 Å². The number of carboxylic acids is 1. The topological polar surface area (TPSA) is 86.3 Å². The summed E-state index contributed by atoms with van der Waals surface area (Å²) in [7, 11) is 1.82. The normalized spacial score (nSPS) is 11.0. The van der Waals surface area contributed by atoms with Crippen LogP contribution in [0.25, 0.3) is 33.4 Å². The van der Waals surface area contributed by atoms with Crippen molar-refractivity contribution in [1.82, 2.24) is 0 Å². The van der Waals surface area contributed by atoms with Crippen molar-refractivity contribution >= 4 is 22.6 Å². The largest absolute Gasteiger partial charge is 0.478 e. The van der Waals surface area contributed by atoms with E-state index in [0.717, 1.165) is 22.2 Å². The van der Waals surface area contributed by atoms with E-state index in [-0.39, 0.29) is 5.56 Å². The molecule has 0 saturated heterocycles. The second-order valence-electron chi connectivity index (χ2n) is 6.00. The third-order valence-electron chi connectivity index (χ3n) is 4.44. The first kappa shape index (κ1) is 15.9. The fourth-order valence-electron chi connectivity index (χ4n) is 3.22. The van der Waals surface area contributed by atoms with Gasteiger partial charge in [-0.05, 0) is 35.9 Å². The molecule has 1 heterocycles. The number of anilines is 1. The Morgan fingerprint density at radius 2 is 1.85 bits per heavy atom. The van der Waals surface area contributed by atoms with Crippen LogP contribution in [0.3, 0.4) is 0 Å². The van der Waals surface area contributed by atoms with Gasteiger partial charge < -0.3 is 20.2 Å². The van der Waals surface area contributed by atoms with Crippen LogP contribution >= 0.6 is 0 Å². The highest BCUT2D eigenvalue weighted by molar-refractivity contribution is 6.07. The number of fused-ring (bicyclic) bond motifs is 2. The van der Waals surface area contributed by atoms with Gasteiger partial charge in [-0.1, -0.05) is 18.2 Å². The van der Waals surface area contributed by atoms with Gasteiger partial charge in [0.1, 0.15) is 11.3 Å². The maximum absolute atomic E-state index is 11.8. The Hall–Kier alpha value is -3.60. The Morgan fingerprint density at radius 1 is 1.04 bits per heavy atom. The van der Waals surface area contributed by atoms with Crippen LogP contribution < -0.4 is 10.7 Å². The molecule has 2 aromatic rings. The molecule has 0 saturated carbocycles. The first-order valence-corrected chi connectivity index (χ1v) is 8.14. The molecule has 0 fully saturated rings. The molecule has 5 nitrogen and oxygen atoms in total. The van der Waals surface area contributed by atoms with Crippen molar-refractivity contribution in [2.75, 3.05) is 12.4 Å². The van der Waals surface area contributed by atoms with E-state index < -0.39 is 5.97 Å². The van der Waals surface area contributed by atoms with E-state index in [1.54, 1.807) is 36.4 Å². The molecule has 5 heteroatoms. The summed E-state index contributed by atoms with van der Waals surface area (Å²) in [4.78, 5) is 11.8. The predicted molar refractivity (Wildman–Crippen MR) is 101 cm³/mol. The van der Waals surface area contributed by atoms with Crippen molar-refractivity contribution in [2.45, 2.75) is 0 Å². The smallest absolute Gasteiger partial charge is 0.336 e. The molecule has 0 radical (unpaired) electrons. The van der Waals surface area contributed by atoms with Crippen LogP contribution in [0.1, 0.15) is 10.4 Å². The first-order chi connectivity index (χ1) is 12.6. The Balaban J connectivity index is 2.19. The Morgan fingerprint density at radius 3 is 2.62 bits per heavy atom. The minimum absolute atomic E-state index is 0.231. The van der Waals surface area contributed by atoms with Crippen molar-refractivity contribution < 1.29 is 14.3 Å². The van der Waals surface area contributed by atoms with Crippen LogP contribution in [0.2, 0.25) is 0 Å². The summed E-state index contributed by atoms with van der Waals surface area (Å²) in [6.45, 7) is 0. The first-order valence-electron chi connectivity index (χ1n) is 8.14. The van der Waals surface area contributed by atoms with Crippen molar-refractivity contribution in [3.8, 4) is 22.5 Å². The highest BCUT2D eigenvalue weighted by Gasteiger charge is 2.21. The molecule has 0 amide bonds. The number of carboxylic acid groups (broad SMARTS) is 1. The molecule has 0 atom stereocenters. The minimum Gasteiger partial charge on any atom is -0.478 e. The highest BCUT2D eigenvalue weighted by atomic mass is 16.4. The number of hydrogen-bond acceptors (Lipinski definition) is 4. The van der Waals surface area contributed by atoms with Crippen LogP contribution in [-0.2, 0) is 0 Å². The lowest BCUT2D eigenvalue weighted by Crippen LogP contribution is -2.03. The second kappa shape index (κ2) is 6.04. The average Bonchev–Trinajstić information content (AvgIpc) is 2.65. The summed E-state index contributed by atoms with van der Waals surface area (Å²) < 4.78 is 6.02. The molecular formula is C21H16N2O3. The van der Waals surface area contributed by atoms with E-state index in [9.17, 15) is 9.90 Å². The fourth-order valence-corrected chi connectivity index (χ4v) is 3.22. The van der Waals surface area contributed by atoms with Gasteiger partial charge >= 0.3 is 5.97 Å². The lowest BCUT2D eigenvalue weighted by Gasteiger charge is -2.17. The molecule has 1 aliphatic heterocycles. The van der Waals surface area contributed by atoms with E-state index in [0.29, 0.717) is 22.3 Å². The van der Waals surface area contributed by atoms with Gasteiger partial charge in [-0.15, -0.1) is 0 Å². The van der Waals surface area contributed by atoms with E-state index in [2.05, 4.69) is 5.32 Å². The maximum Gasteiger partial charge on any atom is 0.336 e. The number of carbonyl (C=O) groups is 1. The van der Waals surface area contributed by atoms with E-state index >= 15 is 0 Å². The molecular weight excluding hydrogens is 328 g/mol. The quantitative estimate of drug-likeness (QED) is 0.480. The molecule has 26 heavy (non-hydrogen) atoms. The zero-order valence-corrected chi connectivity index (χ0v) is 14.0. The molecule has 0 spiro atoms.